The number of nitrogens with zero attached hydrogens (tertiary/aromatic N) is 3. The van der Waals surface area contributed by atoms with E-state index in [0.717, 1.165) is 30.9 Å². The van der Waals surface area contributed by atoms with Gasteiger partial charge in [0.05, 0.1) is 24.8 Å². The van der Waals surface area contributed by atoms with Gasteiger partial charge in [-0.15, -0.1) is 0 Å². The highest BCUT2D eigenvalue weighted by Gasteiger charge is 2.40. The molecule has 1 atom stereocenters. The second-order valence-electron chi connectivity index (χ2n) is 9.18. The van der Waals surface area contributed by atoms with Gasteiger partial charge >= 0.3 is 0 Å². The number of aliphatic hydroxyl groups is 1. The first-order chi connectivity index (χ1) is 16.5. The molecule has 1 aromatic heterocycles. The van der Waals surface area contributed by atoms with Gasteiger partial charge in [-0.2, -0.15) is 0 Å². The maximum absolute atomic E-state index is 13.4. The van der Waals surface area contributed by atoms with Gasteiger partial charge in [0.1, 0.15) is 11.6 Å². The first-order valence-electron chi connectivity index (χ1n) is 11.7. The molecule has 7 heteroatoms. The standard InChI is InChI=1S/C27H30N4O3/c1-34-23-10-8-22(9-11-23)29-25-24(7-4-14-28-25)26(32)31-16-13-27(33,19-31)18-30-15-12-20-5-2-3-6-21(20)17-30/h2-11,14,33H,12-13,15-19H2,1H3,(H,28,29)/t27-/m0/s1. The fraction of sp³-hybridized carbons (Fsp3) is 0.333. The van der Waals surface area contributed by atoms with Crippen molar-refractivity contribution in [2.45, 2.75) is 25.0 Å². The maximum Gasteiger partial charge on any atom is 0.257 e. The molecule has 3 aromatic rings. The number of amides is 1. The maximum atomic E-state index is 13.4. The number of likely N-dealkylation sites (tertiary alicyclic amines) is 1. The molecule has 3 heterocycles. The van der Waals surface area contributed by atoms with Gasteiger partial charge in [-0.25, -0.2) is 4.98 Å². The molecule has 0 spiro atoms. The molecule has 2 N–H and O–H groups in total. The van der Waals surface area contributed by atoms with Crippen LogP contribution < -0.4 is 10.1 Å². The van der Waals surface area contributed by atoms with Crippen LogP contribution in [0.15, 0.2) is 66.9 Å². The molecule has 0 saturated carbocycles. The third-order valence-corrected chi connectivity index (χ3v) is 6.74. The van der Waals surface area contributed by atoms with Gasteiger partial charge in [0.25, 0.3) is 5.91 Å². The Labute approximate surface area is 200 Å². The van der Waals surface area contributed by atoms with Gasteiger partial charge in [0.15, 0.2) is 0 Å². The minimum absolute atomic E-state index is 0.121. The van der Waals surface area contributed by atoms with E-state index >= 15 is 0 Å². The number of hydrogen-bond donors (Lipinski definition) is 2. The number of nitrogens with one attached hydrogen (secondary N) is 1. The number of aromatic nitrogens is 1. The molecule has 0 unspecified atom stereocenters. The first-order valence-corrected chi connectivity index (χ1v) is 11.7. The van der Waals surface area contributed by atoms with E-state index in [1.165, 1.54) is 11.1 Å². The fourth-order valence-corrected chi connectivity index (χ4v) is 4.92. The van der Waals surface area contributed by atoms with Crippen molar-refractivity contribution < 1.29 is 14.6 Å². The van der Waals surface area contributed by atoms with Gasteiger partial charge in [-0.05, 0) is 60.4 Å². The Morgan fingerprint density at radius 3 is 2.68 bits per heavy atom. The van der Waals surface area contributed by atoms with E-state index in [0.29, 0.717) is 37.4 Å². The monoisotopic (exact) mass is 458 g/mol. The van der Waals surface area contributed by atoms with E-state index in [2.05, 4.69) is 39.5 Å². The number of β-amino-alcohol motifs (C(OH)–C–C–N with tert-alkyl or cyclic N) is 1. The van der Waals surface area contributed by atoms with E-state index < -0.39 is 5.60 Å². The summed E-state index contributed by atoms with van der Waals surface area (Å²) in [5, 5.41) is 14.6. The average Bonchev–Trinajstić information content (AvgIpc) is 3.26. The van der Waals surface area contributed by atoms with Crippen LogP contribution in [0, 0.1) is 0 Å². The Balaban J connectivity index is 1.25. The van der Waals surface area contributed by atoms with Gasteiger partial charge < -0.3 is 20.1 Å². The molecule has 1 fully saturated rings. The number of ether oxygens (including phenoxy) is 1. The van der Waals surface area contributed by atoms with Crippen LogP contribution in [-0.2, 0) is 13.0 Å². The number of carbonyl (C=O) groups excluding carboxylic acids is 1. The first kappa shape index (κ1) is 22.4. The Hall–Kier alpha value is -3.42. The van der Waals surface area contributed by atoms with Crippen molar-refractivity contribution in [3.8, 4) is 5.75 Å². The van der Waals surface area contributed by atoms with Crippen LogP contribution in [0.5, 0.6) is 5.75 Å². The summed E-state index contributed by atoms with van der Waals surface area (Å²) in [7, 11) is 1.62. The molecule has 5 rings (SSSR count). The zero-order valence-corrected chi connectivity index (χ0v) is 19.4. The van der Waals surface area contributed by atoms with E-state index in [1.807, 2.05) is 24.3 Å². The van der Waals surface area contributed by atoms with E-state index in [-0.39, 0.29) is 5.91 Å². The summed E-state index contributed by atoms with van der Waals surface area (Å²) >= 11 is 0. The molecule has 0 aliphatic carbocycles. The van der Waals surface area contributed by atoms with Crippen molar-refractivity contribution in [1.82, 2.24) is 14.8 Å². The van der Waals surface area contributed by atoms with Crippen LogP contribution in [0.1, 0.15) is 27.9 Å². The van der Waals surface area contributed by atoms with Crippen LogP contribution in [0.4, 0.5) is 11.5 Å². The smallest absolute Gasteiger partial charge is 0.257 e. The fourth-order valence-electron chi connectivity index (χ4n) is 4.92. The minimum atomic E-state index is -0.909. The van der Waals surface area contributed by atoms with Crippen LogP contribution in [-0.4, -0.2) is 64.7 Å². The molecule has 176 valence electrons. The number of anilines is 2. The second-order valence-corrected chi connectivity index (χ2v) is 9.18. The molecule has 1 saturated heterocycles. The lowest BCUT2D eigenvalue weighted by atomic mass is 9.97. The number of fused-ring (bicyclic) bond motifs is 1. The summed E-state index contributed by atoms with van der Waals surface area (Å²) in [6.07, 6.45) is 3.22. The third-order valence-electron chi connectivity index (χ3n) is 6.74. The summed E-state index contributed by atoms with van der Waals surface area (Å²) in [6, 6.07) is 19.5. The molecular formula is C27H30N4O3. The summed E-state index contributed by atoms with van der Waals surface area (Å²) in [5.41, 5.74) is 3.12. The largest absolute Gasteiger partial charge is 0.497 e. The molecule has 2 aliphatic rings. The van der Waals surface area contributed by atoms with Crippen molar-refractivity contribution in [2.24, 2.45) is 0 Å². The number of carbonyl (C=O) groups is 1. The highest BCUT2D eigenvalue weighted by molar-refractivity contribution is 5.99. The Morgan fingerprint density at radius 2 is 1.88 bits per heavy atom. The van der Waals surface area contributed by atoms with Gasteiger partial charge in [-0.3, -0.25) is 9.69 Å². The number of hydrogen-bond acceptors (Lipinski definition) is 6. The normalized spacial score (nSPS) is 20.1. The second kappa shape index (κ2) is 9.44. The summed E-state index contributed by atoms with van der Waals surface area (Å²) in [4.78, 5) is 21.8. The van der Waals surface area contributed by atoms with Crippen molar-refractivity contribution in [1.29, 1.82) is 0 Å². The van der Waals surface area contributed by atoms with E-state index in [4.69, 9.17) is 4.74 Å². The molecule has 1 amide bonds. The molecular weight excluding hydrogens is 428 g/mol. The summed E-state index contributed by atoms with van der Waals surface area (Å²) in [5.74, 6) is 1.14. The van der Waals surface area contributed by atoms with Crippen LogP contribution in [0.25, 0.3) is 0 Å². The highest BCUT2D eigenvalue weighted by atomic mass is 16.5. The number of methoxy groups -OCH3 is 1. The predicted octanol–water partition coefficient (Wildman–Crippen LogP) is 3.47. The zero-order chi connectivity index (χ0) is 23.5. The Bertz CT molecular complexity index is 1170. The summed E-state index contributed by atoms with van der Waals surface area (Å²) < 4.78 is 5.21. The quantitative estimate of drug-likeness (QED) is 0.589. The molecule has 0 radical (unpaired) electrons. The zero-order valence-electron chi connectivity index (χ0n) is 19.4. The molecule has 2 aliphatic heterocycles. The van der Waals surface area contributed by atoms with E-state index in [9.17, 15) is 9.90 Å². The number of benzene rings is 2. The highest BCUT2D eigenvalue weighted by Crippen LogP contribution is 2.29. The summed E-state index contributed by atoms with van der Waals surface area (Å²) in [6.45, 7) is 3.17. The Kier molecular flexibility index (Phi) is 6.22. The van der Waals surface area contributed by atoms with Crippen molar-refractivity contribution in [3.05, 3.63) is 83.6 Å². The lowest BCUT2D eigenvalue weighted by Crippen LogP contribution is -2.47. The van der Waals surface area contributed by atoms with Crippen molar-refractivity contribution in [3.63, 3.8) is 0 Å². The molecule has 7 nitrogen and oxygen atoms in total. The van der Waals surface area contributed by atoms with Crippen molar-refractivity contribution in [2.75, 3.05) is 38.6 Å². The molecule has 0 bridgehead atoms. The third kappa shape index (κ3) is 4.76. The lowest BCUT2D eigenvalue weighted by molar-refractivity contribution is 0.00806. The number of pyridine rings is 1. The molecule has 2 aromatic carbocycles. The van der Waals surface area contributed by atoms with E-state index in [1.54, 1.807) is 30.3 Å². The topological polar surface area (TPSA) is 77.9 Å². The Morgan fingerprint density at radius 1 is 1.09 bits per heavy atom. The molecule has 34 heavy (non-hydrogen) atoms. The van der Waals surface area contributed by atoms with Crippen LogP contribution >= 0.6 is 0 Å². The predicted molar refractivity (Wildman–Crippen MR) is 131 cm³/mol. The van der Waals surface area contributed by atoms with Gasteiger partial charge in [0, 0.05) is 38.1 Å². The minimum Gasteiger partial charge on any atom is -0.497 e. The van der Waals surface area contributed by atoms with Crippen LogP contribution in [0.2, 0.25) is 0 Å². The van der Waals surface area contributed by atoms with Crippen LogP contribution in [0.3, 0.4) is 0 Å². The average molecular weight is 459 g/mol. The van der Waals surface area contributed by atoms with Gasteiger partial charge in [-0.1, -0.05) is 24.3 Å². The van der Waals surface area contributed by atoms with Crippen molar-refractivity contribution >= 4 is 17.4 Å². The lowest BCUT2D eigenvalue weighted by Gasteiger charge is -2.34. The number of rotatable bonds is 6. The van der Waals surface area contributed by atoms with Gasteiger partial charge in [0.2, 0.25) is 0 Å². The SMILES string of the molecule is COc1ccc(Nc2ncccc2C(=O)N2CC[C@](O)(CN3CCc4ccccc4C3)C2)cc1.